The summed E-state index contributed by atoms with van der Waals surface area (Å²) in [6.45, 7) is 0. The highest BCUT2D eigenvalue weighted by atomic mass is 32.1. The van der Waals surface area contributed by atoms with Gasteiger partial charge in [-0.3, -0.25) is 0 Å². The molecule has 4 N–H and O–H groups in total. The summed E-state index contributed by atoms with van der Waals surface area (Å²) in [7, 11) is 0. The molecule has 0 bridgehead atoms. The van der Waals surface area contributed by atoms with Gasteiger partial charge in [-0.1, -0.05) is 5.43 Å². The third-order valence-electron chi connectivity index (χ3n) is 1.90. The van der Waals surface area contributed by atoms with Crippen molar-refractivity contribution in [2.45, 2.75) is 0 Å². The van der Waals surface area contributed by atoms with Gasteiger partial charge in [0.15, 0.2) is 5.03 Å². The molecule has 2 aromatic rings. The number of nitrogens with one attached hydrogen (secondary N) is 2. The monoisotopic (exact) mass is 266 g/mol. The molecule has 0 unspecified atom stereocenters. The van der Waals surface area contributed by atoms with Gasteiger partial charge in [-0.2, -0.15) is 8.75 Å². The van der Waals surface area contributed by atoms with Crippen molar-refractivity contribution < 1.29 is 10.1 Å². The second kappa shape index (κ2) is 5.14. The Hall–Kier alpha value is -2.62. The lowest BCUT2D eigenvalue weighted by molar-refractivity contribution is -0.528. The Labute approximate surface area is 104 Å². The number of hydrogen-bond acceptors (Lipinski definition) is 6. The zero-order valence-electron chi connectivity index (χ0n) is 8.90. The average Bonchev–Trinajstić information content (AvgIpc) is 2.75. The molecule has 9 nitrogen and oxygen atoms in total. The fourth-order valence-electron chi connectivity index (χ4n) is 1.18. The smallest absolute Gasteiger partial charge is 0.319 e. The zero-order chi connectivity index (χ0) is 13.0. The summed E-state index contributed by atoms with van der Waals surface area (Å²) >= 11 is 1.13. The summed E-state index contributed by atoms with van der Waals surface area (Å²) < 4.78 is 8.15. The van der Waals surface area contributed by atoms with E-state index in [1.54, 1.807) is 11.5 Å². The molecule has 0 saturated carbocycles. The van der Waals surface area contributed by atoms with Crippen molar-refractivity contribution in [1.29, 1.82) is 0 Å². The molecule has 0 atom stereocenters. The van der Waals surface area contributed by atoms with E-state index in [1.807, 2.05) is 12.1 Å². The third kappa shape index (κ3) is 2.95. The van der Waals surface area contributed by atoms with Crippen LogP contribution in [0.25, 0.3) is 11.0 Å². The van der Waals surface area contributed by atoms with Gasteiger partial charge < -0.3 is 5.73 Å². The molecule has 0 radical (unpaired) electrons. The van der Waals surface area contributed by atoms with Gasteiger partial charge in [0.05, 0.1) is 11.7 Å². The van der Waals surface area contributed by atoms with Crippen molar-refractivity contribution >= 4 is 34.9 Å². The predicted octanol–water partition coefficient (Wildman–Crippen LogP) is -1.80. The van der Waals surface area contributed by atoms with Crippen molar-refractivity contribution in [3.63, 3.8) is 0 Å². The highest BCUT2D eigenvalue weighted by Crippen LogP contribution is 2.11. The van der Waals surface area contributed by atoms with Crippen LogP contribution in [0.2, 0.25) is 0 Å². The van der Waals surface area contributed by atoms with Gasteiger partial charge in [0, 0.05) is 10.7 Å². The quantitative estimate of drug-likeness (QED) is 0.260. The molecule has 0 aliphatic heterocycles. The maximum Gasteiger partial charge on any atom is 0.319 e. The molecule has 2 rings (SSSR count). The van der Waals surface area contributed by atoms with E-state index in [0.717, 1.165) is 28.3 Å². The molecule has 1 aromatic heterocycles. The van der Waals surface area contributed by atoms with E-state index < -0.39 is 5.03 Å². The Morgan fingerprint density at radius 3 is 3.11 bits per heavy atom. The standard InChI is InChI=1S/C8H7N7O2S/c9-8(12-15(16)17)11-10-4-5-1-2-6-7(3-5)14-18-13-6/h1-4H,(H3,9,11,12)/p+1/b10-4+. The van der Waals surface area contributed by atoms with Crippen LogP contribution in [-0.2, 0) is 0 Å². The number of aromatic nitrogens is 2. The molecular weight excluding hydrogens is 258 g/mol. The van der Waals surface area contributed by atoms with E-state index >= 15 is 0 Å². The minimum absolute atomic E-state index is 0.340. The highest BCUT2D eigenvalue weighted by molar-refractivity contribution is 7.00. The number of hydrazone groups is 1. The summed E-state index contributed by atoms with van der Waals surface area (Å²) in [5.41, 5.74) is 9.30. The van der Waals surface area contributed by atoms with Crippen molar-refractivity contribution in [2.24, 2.45) is 10.8 Å². The van der Waals surface area contributed by atoms with Gasteiger partial charge in [0.2, 0.25) is 6.21 Å². The second-order valence-electron chi connectivity index (χ2n) is 3.15. The van der Waals surface area contributed by atoms with Crippen LogP contribution < -0.4 is 16.3 Å². The van der Waals surface area contributed by atoms with Crippen LogP contribution in [0.1, 0.15) is 5.56 Å². The summed E-state index contributed by atoms with van der Waals surface area (Å²) in [6, 6.07) is 5.43. The fraction of sp³-hybridized carbons (Fsp3) is 0. The van der Waals surface area contributed by atoms with Gasteiger partial charge >= 0.3 is 5.96 Å². The van der Waals surface area contributed by atoms with Gasteiger partial charge in [-0.25, -0.2) is 10.1 Å². The first-order valence-corrected chi connectivity index (χ1v) is 5.43. The fourth-order valence-corrected chi connectivity index (χ4v) is 1.70. The molecule has 0 amide bonds. The Morgan fingerprint density at radius 1 is 1.56 bits per heavy atom. The highest BCUT2D eigenvalue weighted by Gasteiger charge is 2.02. The van der Waals surface area contributed by atoms with Gasteiger partial charge in [0.25, 0.3) is 0 Å². The van der Waals surface area contributed by atoms with Crippen LogP contribution in [-0.4, -0.2) is 26.0 Å². The first-order valence-electron chi connectivity index (χ1n) is 4.70. The number of rotatable bonds is 3. The van der Waals surface area contributed by atoms with Crippen LogP contribution in [0, 0.1) is 10.1 Å². The molecule has 1 heterocycles. The molecule has 0 saturated heterocycles. The largest absolute Gasteiger partial charge is 0.360 e. The van der Waals surface area contributed by atoms with Crippen molar-refractivity contribution in [3.8, 4) is 0 Å². The molecule has 0 aliphatic rings. The molecule has 92 valence electrons. The number of hydrogen-bond donors (Lipinski definition) is 3. The minimum atomic E-state index is -0.798. The zero-order valence-corrected chi connectivity index (χ0v) is 9.72. The molecule has 10 heteroatoms. The summed E-state index contributed by atoms with van der Waals surface area (Å²) in [5.74, 6) is -0.340. The topological polar surface area (TPSA) is 133 Å². The van der Waals surface area contributed by atoms with Crippen molar-refractivity contribution in [2.75, 3.05) is 0 Å². The first-order chi connectivity index (χ1) is 8.65. The third-order valence-corrected chi connectivity index (χ3v) is 2.46. The Bertz CT molecular complexity index is 635. The Balaban J connectivity index is 2.10. The number of nitrogens with two attached hydrogens (primary N) is 1. The number of nitro groups is 1. The number of nitrogens with zero attached hydrogens (tertiary/aromatic N) is 4. The van der Waals surface area contributed by atoms with Crippen molar-refractivity contribution in [1.82, 2.24) is 14.2 Å². The lowest BCUT2D eigenvalue weighted by Gasteiger charge is -1.89. The number of benzene rings is 1. The predicted molar refractivity (Wildman–Crippen MR) is 65.3 cm³/mol. The van der Waals surface area contributed by atoms with Crippen LogP contribution in [0.15, 0.2) is 23.3 Å². The molecule has 1 aromatic carbocycles. The lowest BCUT2D eigenvalue weighted by atomic mass is 10.2. The molecule has 0 spiro atoms. The van der Waals surface area contributed by atoms with E-state index in [1.165, 1.54) is 6.21 Å². The van der Waals surface area contributed by atoms with E-state index in [2.05, 4.69) is 18.9 Å². The normalized spacial score (nSPS) is 12.1. The maximum atomic E-state index is 10.0. The van der Waals surface area contributed by atoms with Gasteiger partial charge in [-0.15, -0.1) is 5.10 Å². The Morgan fingerprint density at radius 2 is 2.33 bits per heavy atom. The molecule has 0 aliphatic carbocycles. The summed E-state index contributed by atoms with van der Waals surface area (Å²) in [5, 5.41) is 15.3. The van der Waals surface area contributed by atoms with Gasteiger partial charge in [0.1, 0.15) is 11.0 Å². The van der Waals surface area contributed by atoms with Gasteiger partial charge in [-0.05, 0) is 18.2 Å². The van der Waals surface area contributed by atoms with Crippen LogP contribution in [0.5, 0.6) is 0 Å². The first kappa shape index (κ1) is 11.9. The molecular formula is C8H8N7O2S+. The van der Waals surface area contributed by atoms with Crippen LogP contribution >= 0.6 is 11.7 Å². The van der Waals surface area contributed by atoms with E-state index in [0.29, 0.717) is 0 Å². The number of hydrazine groups is 1. The number of guanidine groups is 1. The molecule has 0 fully saturated rings. The Kier molecular flexibility index (Phi) is 3.38. The summed E-state index contributed by atoms with van der Waals surface area (Å²) in [4.78, 5) is 10.0. The average molecular weight is 266 g/mol. The van der Waals surface area contributed by atoms with Crippen LogP contribution in [0.3, 0.4) is 0 Å². The number of fused-ring (bicyclic) bond motifs is 1. The molecule has 18 heavy (non-hydrogen) atoms. The van der Waals surface area contributed by atoms with Crippen LogP contribution in [0.4, 0.5) is 0 Å². The summed E-state index contributed by atoms with van der Waals surface area (Å²) in [6.07, 6.45) is 1.53. The van der Waals surface area contributed by atoms with E-state index in [4.69, 9.17) is 5.73 Å². The van der Waals surface area contributed by atoms with E-state index in [-0.39, 0.29) is 5.96 Å². The SMILES string of the molecule is NC(=N/[NH+]=C/c1ccc2nsnc2c1)N[N+](=O)[O-]. The van der Waals surface area contributed by atoms with E-state index in [9.17, 15) is 10.1 Å². The minimum Gasteiger partial charge on any atom is -0.360 e. The second-order valence-corrected chi connectivity index (χ2v) is 3.68. The maximum absolute atomic E-state index is 10.0. The lowest BCUT2D eigenvalue weighted by Crippen LogP contribution is -2.64. The van der Waals surface area contributed by atoms with Crippen molar-refractivity contribution in [3.05, 3.63) is 33.9 Å².